The molecule has 0 unspecified atom stereocenters. The molecule has 3 atom stereocenters. The number of fused-ring (bicyclic) bond motifs is 1. The molecular weight excluding hydrogens is 376 g/mol. The fourth-order valence-electron chi connectivity index (χ4n) is 4.68. The smallest absolute Gasteiger partial charge is 0.325 e. The van der Waals surface area contributed by atoms with Gasteiger partial charge in [-0.25, -0.2) is 0 Å². The van der Waals surface area contributed by atoms with Gasteiger partial charge in [-0.3, -0.25) is 14.4 Å². The van der Waals surface area contributed by atoms with Gasteiger partial charge in [0.2, 0.25) is 0 Å². The standard InChI is InChI=1S/C18H19BrO5/c1-5-17(12(20)10-6-8-11(19)9-7-10)13-16(2,3)24-15(22)18(13,17)14(21)23-4/h6-9,13H,5H2,1-4H3/t13-,17+,18+/m1/s1. The molecule has 1 aliphatic heterocycles. The number of cyclic esters (lactones) is 1. The van der Waals surface area contributed by atoms with Crippen LogP contribution in [0.3, 0.4) is 0 Å². The van der Waals surface area contributed by atoms with Crippen LogP contribution in [-0.4, -0.2) is 30.4 Å². The lowest BCUT2D eigenvalue weighted by Crippen LogP contribution is -2.40. The largest absolute Gasteiger partial charge is 0.468 e. The molecule has 2 fully saturated rings. The molecule has 0 spiro atoms. The molecule has 128 valence electrons. The first-order valence-corrected chi connectivity index (χ1v) is 8.61. The third-order valence-corrected chi connectivity index (χ3v) is 6.02. The van der Waals surface area contributed by atoms with Gasteiger partial charge in [-0.2, -0.15) is 0 Å². The van der Waals surface area contributed by atoms with E-state index in [1.807, 2.05) is 6.92 Å². The monoisotopic (exact) mass is 394 g/mol. The van der Waals surface area contributed by atoms with Crippen LogP contribution in [-0.2, 0) is 19.1 Å². The van der Waals surface area contributed by atoms with Gasteiger partial charge in [-0.15, -0.1) is 0 Å². The minimum atomic E-state index is -1.54. The van der Waals surface area contributed by atoms with Crippen molar-refractivity contribution in [1.29, 1.82) is 0 Å². The molecule has 5 nitrogen and oxygen atoms in total. The summed E-state index contributed by atoms with van der Waals surface area (Å²) in [4.78, 5) is 38.5. The van der Waals surface area contributed by atoms with E-state index in [2.05, 4.69) is 15.9 Å². The van der Waals surface area contributed by atoms with Crippen LogP contribution < -0.4 is 0 Å². The molecule has 2 aliphatic rings. The number of esters is 2. The lowest BCUT2D eigenvalue weighted by atomic mass is 9.81. The lowest BCUT2D eigenvalue weighted by Gasteiger charge is -2.28. The highest BCUT2D eigenvalue weighted by atomic mass is 79.9. The van der Waals surface area contributed by atoms with Crippen molar-refractivity contribution in [3.8, 4) is 0 Å². The maximum atomic E-state index is 13.3. The fraction of sp³-hybridized carbons (Fsp3) is 0.500. The van der Waals surface area contributed by atoms with Crippen LogP contribution in [0.15, 0.2) is 28.7 Å². The van der Waals surface area contributed by atoms with E-state index >= 15 is 0 Å². The van der Waals surface area contributed by atoms with Gasteiger partial charge < -0.3 is 9.47 Å². The quantitative estimate of drug-likeness (QED) is 0.445. The summed E-state index contributed by atoms with van der Waals surface area (Å²) in [5.74, 6) is -2.08. The Balaban J connectivity index is 2.16. The van der Waals surface area contributed by atoms with E-state index in [0.717, 1.165) is 4.47 Å². The summed E-state index contributed by atoms with van der Waals surface area (Å²) in [6.07, 6.45) is 0.361. The first kappa shape index (κ1) is 17.1. The lowest BCUT2D eigenvalue weighted by molar-refractivity contribution is -0.165. The topological polar surface area (TPSA) is 69.7 Å². The number of carbonyl (C=O) groups is 3. The molecule has 24 heavy (non-hydrogen) atoms. The number of halogens is 1. The highest BCUT2D eigenvalue weighted by Gasteiger charge is 2.95. The summed E-state index contributed by atoms with van der Waals surface area (Å²) in [5.41, 5.74) is -3.08. The van der Waals surface area contributed by atoms with E-state index < -0.39 is 34.3 Å². The maximum Gasteiger partial charge on any atom is 0.325 e. The van der Waals surface area contributed by atoms with Crippen LogP contribution in [0, 0.1) is 16.7 Å². The number of ether oxygens (including phenoxy) is 2. The summed E-state index contributed by atoms with van der Waals surface area (Å²) in [6, 6.07) is 6.93. The van der Waals surface area contributed by atoms with Gasteiger partial charge in [-0.05, 0) is 32.4 Å². The predicted molar refractivity (Wildman–Crippen MR) is 89.3 cm³/mol. The molecule has 0 amide bonds. The number of ketones is 1. The first-order chi connectivity index (χ1) is 11.2. The number of Topliss-reactive ketones (excluding diaryl/α,β-unsaturated/α-hetero) is 1. The molecule has 1 aromatic carbocycles. The summed E-state index contributed by atoms with van der Waals surface area (Å²) in [6.45, 7) is 5.31. The first-order valence-electron chi connectivity index (χ1n) is 7.82. The van der Waals surface area contributed by atoms with Crippen LogP contribution in [0.2, 0.25) is 0 Å². The molecule has 1 aliphatic carbocycles. The van der Waals surface area contributed by atoms with E-state index in [9.17, 15) is 14.4 Å². The molecule has 0 aromatic heterocycles. The molecule has 0 bridgehead atoms. The van der Waals surface area contributed by atoms with Gasteiger partial charge >= 0.3 is 11.9 Å². The van der Waals surface area contributed by atoms with E-state index in [1.54, 1.807) is 38.1 Å². The van der Waals surface area contributed by atoms with Crippen molar-refractivity contribution in [1.82, 2.24) is 0 Å². The van der Waals surface area contributed by atoms with Crippen molar-refractivity contribution in [3.63, 3.8) is 0 Å². The highest BCUT2D eigenvalue weighted by Crippen LogP contribution is 2.80. The van der Waals surface area contributed by atoms with Crippen molar-refractivity contribution in [2.24, 2.45) is 16.7 Å². The number of hydrogen-bond acceptors (Lipinski definition) is 5. The number of methoxy groups -OCH3 is 1. The van der Waals surface area contributed by atoms with Gasteiger partial charge in [0.15, 0.2) is 11.2 Å². The Hall–Kier alpha value is -1.69. The highest BCUT2D eigenvalue weighted by molar-refractivity contribution is 9.10. The molecule has 1 saturated heterocycles. The van der Waals surface area contributed by atoms with E-state index in [1.165, 1.54) is 7.11 Å². The van der Waals surface area contributed by atoms with Crippen LogP contribution in [0.4, 0.5) is 0 Å². The van der Waals surface area contributed by atoms with Crippen LogP contribution in [0.1, 0.15) is 37.6 Å². The predicted octanol–water partition coefficient (Wildman–Crippen LogP) is 3.15. The second-order valence-corrected chi connectivity index (χ2v) is 7.80. The van der Waals surface area contributed by atoms with Crippen molar-refractivity contribution in [3.05, 3.63) is 34.3 Å². The zero-order valence-electron chi connectivity index (χ0n) is 14.0. The third-order valence-electron chi connectivity index (χ3n) is 5.50. The summed E-state index contributed by atoms with van der Waals surface area (Å²) >= 11 is 3.34. The Bertz CT molecular complexity index is 738. The zero-order valence-corrected chi connectivity index (χ0v) is 15.6. The second kappa shape index (κ2) is 5.15. The van der Waals surface area contributed by atoms with Gasteiger partial charge in [-0.1, -0.05) is 35.0 Å². The molecule has 1 aromatic rings. The van der Waals surface area contributed by atoms with Crippen molar-refractivity contribution < 1.29 is 23.9 Å². The van der Waals surface area contributed by atoms with Gasteiger partial charge in [0.25, 0.3) is 0 Å². The van der Waals surface area contributed by atoms with Crippen molar-refractivity contribution >= 4 is 33.7 Å². The number of rotatable bonds is 4. The van der Waals surface area contributed by atoms with Gasteiger partial charge in [0.1, 0.15) is 5.60 Å². The summed E-state index contributed by atoms with van der Waals surface area (Å²) < 4.78 is 11.2. The van der Waals surface area contributed by atoms with Gasteiger partial charge in [0.05, 0.1) is 12.5 Å². The van der Waals surface area contributed by atoms with E-state index in [0.29, 0.717) is 12.0 Å². The van der Waals surface area contributed by atoms with Gasteiger partial charge in [0, 0.05) is 16.0 Å². The molecular formula is C18H19BrO5. The Morgan fingerprint density at radius 2 is 1.83 bits per heavy atom. The van der Waals surface area contributed by atoms with E-state index in [-0.39, 0.29) is 5.78 Å². The van der Waals surface area contributed by atoms with Crippen molar-refractivity contribution in [2.75, 3.05) is 7.11 Å². The molecule has 3 rings (SSSR count). The number of benzene rings is 1. The third kappa shape index (κ3) is 1.78. The minimum Gasteiger partial charge on any atom is -0.468 e. The minimum absolute atomic E-state index is 0.211. The maximum absolute atomic E-state index is 13.3. The molecule has 1 saturated carbocycles. The molecule has 6 heteroatoms. The normalized spacial score (nSPS) is 32.7. The Labute approximate surface area is 148 Å². The summed E-state index contributed by atoms with van der Waals surface area (Å²) in [7, 11) is 1.23. The number of hydrogen-bond donors (Lipinski definition) is 0. The summed E-state index contributed by atoms with van der Waals surface area (Å²) in [5, 5.41) is 0. The van der Waals surface area contributed by atoms with Crippen molar-refractivity contribution in [2.45, 2.75) is 32.8 Å². The zero-order chi connectivity index (χ0) is 17.9. The Morgan fingerprint density at radius 3 is 2.33 bits per heavy atom. The average molecular weight is 395 g/mol. The SMILES string of the molecule is CC[C@]1(C(=O)c2ccc(Br)cc2)[C@H]2C(C)(C)OC(=O)[C@@]21C(=O)OC. The Morgan fingerprint density at radius 1 is 1.25 bits per heavy atom. The fourth-order valence-corrected chi connectivity index (χ4v) is 4.95. The molecule has 0 radical (unpaired) electrons. The molecule has 0 N–H and O–H groups in total. The van der Waals surface area contributed by atoms with Crippen LogP contribution in [0.25, 0.3) is 0 Å². The van der Waals surface area contributed by atoms with Crippen LogP contribution >= 0.6 is 15.9 Å². The van der Waals surface area contributed by atoms with E-state index in [4.69, 9.17) is 9.47 Å². The average Bonchev–Trinajstić information content (AvgIpc) is 3.14. The number of carbonyl (C=O) groups excluding carboxylic acids is 3. The Kier molecular flexibility index (Phi) is 3.68. The molecule has 1 heterocycles. The van der Waals surface area contributed by atoms with Crippen LogP contribution in [0.5, 0.6) is 0 Å². The second-order valence-electron chi connectivity index (χ2n) is 6.89.